The van der Waals surface area contributed by atoms with Crippen molar-refractivity contribution in [1.82, 2.24) is 0 Å². The smallest absolute Gasteiger partial charge is 0.322 e. The van der Waals surface area contributed by atoms with Crippen LogP contribution in [0.5, 0.6) is 0 Å². The van der Waals surface area contributed by atoms with E-state index >= 15 is 0 Å². The fourth-order valence-electron chi connectivity index (χ4n) is 2.29. The van der Waals surface area contributed by atoms with Gasteiger partial charge in [0.25, 0.3) is 5.91 Å². The van der Waals surface area contributed by atoms with E-state index in [1.807, 2.05) is 26.0 Å². The average Bonchev–Trinajstić information content (AvgIpc) is 2.54. The van der Waals surface area contributed by atoms with Crippen molar-refractivity contribution in [3.63, 3.8) is 0 Å². The van der Waals surface area contributed by atoms with E-state index in [9.17, 15) is 18.0 Å². The van der Waals surface area contributed by atoms with Crippen molar-refractivity contribution in [3.8, 4) is 0 Å². The molecule has 2 nitrogen and oxygen atoms in total. The Morgan fingerprint density at radius 3 is 2.48 bits per heavy atom. The third-order valence-electron chi connectivity index (χ3n) is 3.80. The van der Waals surface area contributed by atoms with Gasteiger partial charge in [0.2, 0.25) is 0 Å². The Bertz CT molecular complexity index is 695. The van der Waals surface area contributed by atoms with Crippen LogP contribution >= 0.6 is 0 Å². The largest absolute Gasteiger partial charge is 0.416 e. The van der Waals surface area contributed by atoms with Gasteiger partial charge in [0.15, 0.2) is 0 Å². The number of nitrogens with one attached hydrogen (secondary N) is 1. The lowest BCUT2D eigenvalue weighted by atomic mass is 9.96. The predicted molar refractivity (Wildman–Crippen MR) is 84.5 cm³/mol. The summed E-state index contributed by atoms with van der Waals surface area (Å²) in [5.41, 5.74) is 0.749. The molecule has 1 atom stereocenters. The molecular weight excluding hydrogens is 303 g/mol. The van der Waals surface area contributed by atoms with Gasteiger partial charge < -0.3 is 5.32 Å². The highest BCUT2D eigenvalue weighted by molar-refractivity contribution is 6.04. The average molecular weight is 321 g/mol. The van der Waals surface area contributed by atoms with E-state index in [0.29, 0.717) is 5.69 Å². The van der Waals surface area contributed by atoms with Gasteiger partial charge >= 0.3 is 6.18 Å². The second kappa shape index (κ2) is 6.86. The van der Waals surface area contributed by atoms with Gasteiger partial charge in [0.05, 0.1) is 5.56 Å². The minimum Gasteiger partial charge on any atom is -0.322 e. The molecule has 0 saturated heterocycles. The first-order valence-corrected chi connectivity index (χ1v) is 7.40. The van der Waals surface area contributed by atoms with Gasteiger partial charge in [-0.1, -0.05) is 38.1 Å². The highest BCUT2D eigenvalue weighted by Crippen LogP contribution is 2.30. The quantitative estimate of drug-likeness (QED) is 0.794. The molecule has 5 heteroatoms. The molecule has 0 saturated carbocycles. The van der Waals surface area contributed by atoms with Gasteiger partial charge in [-0.25, -0.2) is 0 Å². The van der Waals surface area contributed by atoms with Crippen LogP contribution in [-0.2, 0) is 6.18 Å². The van der Waals surface area contributed by atoms with Crippen LogP contribution < -0.4 is 5.32 Å². The molecule has 1 amide bonds. The summed E-state index contributed by atoms with van der Waals surface area (Å²) in [6.07, 6.45) is -3.57. The van der Waals surface area contributed by atoms with Crippen molar-refractivity contribution in [3.05, 3.63) is 65.2 Å². The van der Waals surface area contributed by atoms with E-state index in [1.165, 1.54) is 12.1 Å². The summed E-state index contributed by atoms with van der Waals surface area (Å²) in [6, 6.07) is 11.7. The molecule has 0 aromatic heterocycles. The van der Waals surface area contributed by atoms with Gasteiger partial charge in [-0.3, -0.25) is 4.79 Å². The highest BCUT2D eigenvalue weighted by Gasteiger charge is 2.30. The standard InChI is InChI=1S/C18H18F3NO/c1-3-12(2)15-9-4-5-10-16(15)22-17(23)13-7-6-8-14(11-13)18(19,20)21/h4-12H,3H2,1-2H3,(H,22,23)/t12-/m0/s1. The summed E-state index contributed by atoms with van der Waals surface area (Å²) < 4.78 is 38.2. The summed E-state index contributed by atoms with van der Waals surface area (Å²) in [4.78, 5) is 12.3. The van der Waals surface area contributed by atoms with E-state index in [0.717, 1.165) is 24.1 Å². The number of amides is 1. The molecule has 23 heavy (non-hydrogen) atoms. The zero-order valence-corrected chi connectivity index (χ0v) is 12.9. The Balaban J connectivity index is 2.27. The van der Waals surface area contributed by atoms with Crippen LogP contribution in [0, 0.1) is 0 Å². The fraction of sp³-hybridized carbons (Fsp3) is 0.278. The number of hydrogen-bond acceptors (Lipinski definition) is 1. The molecule has 1 N–H and O–H groups in total. The summed E-state index contributed by atoms with van der Waals surface area (Å²) in [5.74, 6) is -0.306. The van der Waals surface area contributed by atoms with Crippen molar-refractivity contribution >= 4 is 11.6 Å². The first kappa shape index (κ1) is 17.1. The number of benzene rings is 2. The van der Waals surface area contributed by atoms with Crippen molar-refractivity contribution in [2.45, 2.75) is 32.4 Å². The molecule has 122 valence electrons. The van der Waals surface area contributed by atoms with Gasteiger partial charge in [0.1, 0.15) is 0 Å². The third kappa shape index (κ3) is 4.12. The Labute approximate surface area is 133 Å². The molecule has 0 aliphatic carbocycles. The number of alkyl halides is 3. The van der Waals surface area contributed by atoms with E-state index in [1.54, 1.807) is 12.1 Å². The summed E-state index contributed by atoms with van der Waals surface area (Å²) in [5, 5.41) is 2.71. The van der Waals surface area contributed by atoms with Crippen LogP contribution in [-0.4, -0.2) is 5.91 Å². The van der Waals surface area contributed by atoms with Gasteiger partial charge in [-0.05, 0) is 42.2 Å². The molecule has 0 aliphatic heterocycles. The summed E-state index contributed by atoms with van der Waals surface area (Å²) >= 11 is 0. The first-order chi connectivity index (χ1) is 10.8. The topological polar surface area (TPSA) is 29.1 Å². The minimum absolute atomic E-state index is 0.0150. The molecule has 0 unspecified atom stereocenters. The van der Waals surface area contributed by atoms with Crippen molar-refractivity contribution in [1.29, 1.82) is 0 Å². The molecule has 2 rings (SSSR count). The SMILES string of the molecule is CC[C@H](C)c1ccccc1NC(=O)c1cccc(C(F)(F)F)c1. The number of rotatable bonds is 4. The molecule has 2 aromatic carbocycles. The number of para-hydroxylation sites is 1. The molecule has 0 heterocycles. The van der Waals surface area contributed by atoms with E-state index < -0.39 is 17.6 Å². The molecule has 0 bridgehead atoms. The molecule has 0 radical (unpaired) electrons. The summed E-state index contributed by atoms with van der Waals surface area (Å²) in [7, 11) is 0. The zero-order valence-electron chi connectivity index (χ0n) is 12.9. The van der Waals surface area contributed by atoms with Crippen LogP contribution in [0.4, 0.5) is 18.9 Å². The maximum absolute atomic E-state index is 12.7. The Hall–Kier alpha value is -2.30. The number of carbonyl (C=O) groups is 1. The molecular formula is C18H18F3NO. The number of halogens is 3. The van der Waals surface area contributed by atoms with Crippen LogP contribution in [0.15, 0.2) is 48.5 Å². The second-order valence-electron chi connectivity index (χ2n) is 5.43. The van der Waals surface area contributed by atoms with Gasteiger partial charge in [-0.15, -0.1) is 0 Å². The van der Waals surface area contributed by atoms with Crippen molar-refractivity contribution in [2.75, 3.05) is 5.32 Å². The van der Waals surface area contributed by atoms with Crippen molar-refractivity contribution in [2.24, 2.45) is 0 Å². The molecule has 0 spiro atoms. The van der Waals surface area contributed by atoms with Crippen LogP contribution in [0.2, 0.25) is 0 Å². The lowest BCUT2D eigenvalue weighted by Crippen LogP contribution is -2.15. The van der Waals surface area contributed by atoms with Gasteiger partial charge in [0, 0.05) is 11.3 Å². The Kier molecular flexibility index (Phi) is 5.08. The second-order valence-corrected chi connectivity index (χ2v) is 5.43. The van der Waals surface area contributed by atoms with Crippen LogP contribution in [0.1, 0.15) is 47.7 Å². The predicted octanol–water partition coefficient (Wildman–Crippen LogP) is 5.47. The monoisotopic (exact) mass is 321 g/mol. The van der Waals surface area contributed by atoms with E-state index in [2.05, 4.69) is 5.32 Å². The van der Waals surface area contributed by atoms with Crippen molar-refractivity contribution < 1.29 is 18.0 Å². The Morgan fingerprint density at radius 2 is 1.83 bits per heavy atom. The molecule has 2 aromatic rings. The minimum atomic E-state index is -4.47. The van der Waals surface area contributed by atoms with Crippen LogP contribution in [0.3, 0.4) is 0 Å². The number of hydrogen-bond donors (Lipinski definition) is 1. The Morgan fingerprint density at radius 1 is 1.13 bits per heavy atom. The first-order valence-electron chi connectivity index (χ1n) is 7.40. The lowest BCUT2D eigenvalue weighted by molar-refractivity contribution is -0.137. The summed E-state index contributed by atoms with van der Waals surface area (Å²) in [6.45, 7) is 4.07. The fourth-order valence-corrected chi connectivity index (χ4v) is 2.29. The molecule has 0 fully saturated rings. The highest BCUT2D eigenvalue weighted by atomic mass is 19.4. The maximum atomic E-state index is 12.7. The maximum Gasteiger partial charge on any atom is 0.416 e. The lowest BCUT2D eigenvalue weighted by Gasteiger charge is -2.16. The number of anilines is 1. The number of carbonyl (C=O) groups excluding carboxylic acids is 1. The van der Waals surface area contributed by atoms with Crippen LogP contribution in [0.25, 0.3) is 0 Å². The molecule has 0 aliphatic rings. The zero-order chi connectivity index (χ0) is 17.0. The third-order valence-corrected chi connectivity index (χ3v) is 3.80. The van der Waals surface area contributed by atoms with E-state index in [-0.39, 0.29) is 11.5 Å². The normalized spacial score (nSPS) is 12.7. The van der Waals surface area contributed by atoms with E-state index in [4.69, 9.17) is 0 Å². The van der Waals surface area contributed by atoms with Gasteiger partial charge in [-0.2, -0.15) is 13.2 Å².